The van der Waals surface area contributed by atoms with E-state index in [9.17, 15) is 0 Å². The zero-order chi connectivity index (χ0) is 13.0. The van der Waals surface area contributed by atoms with Gasteiger partial charge in [-0.05, 0) is 12.0 Å². The molecule has 1 aromatic rings. The largest absolute Gasteiger partial charge is 0.382 e. The summed E-state index contributed by atoms with van der Waals surface area (Å²) in [5.74, 6) is 0.623. The summed E-state index contributed by atoms with van der Waals surface area (Å²) in [6.07, 6.45) is 0.970. The third-order valence-corrected chi connectivity index (χ3v) is 3.64. The van der Waals surface area contributed by atoms with Crippen LogP contribution in [0.15, 0.2) is 35.3 Å². The summed E-state index contributed by atoms with van der Waals surface area (Å²) >= 11 is 0. The summed E-state index contributed by atoms with van der Waals surface area (Å²) in [5.41, 5.74) is 7.18. The molecule has 18 heavy (non-hydrogen) atoms. The van der Waals surface area contributed by atoms with Gasteiger partial charge in [-0.15, -0.1) is 0 Å². The van der Waals surface area contributed by atoms with Crippen LogP contribution in [0.5, 0.6) is 0 Å². The van der Waals surface area contributed by atoms with Crippen molar-refractivity contribution >= 4 is 5.96 Å². The van der Waals surface area contributed by atoms with E-state index in [1.807, 2.05) is 18.2 Å². The highest BCUT2D eigenvalue weighted by molar-refractivity contribution is 5.81. The Balaban J connectivity index is 2.19. The van der Waals surface area contributed by atoms with Crippen molar-refractivity contribution in [1.82, 2.24) is 4.90 Å². The van der Waals surface area contributed by atoms with Crippen molar-refractivity contribution in [3.05, 3.63) is 35.9 Å². The Labute approximate surface area is 108 Å². The number of ether oxygens (including phenoxy) is 1. The van der Waals surface area contributed by atoms with E-state index >= 15 is 0 Å². The van der Waals surface area contributed by atoms with Gasteiger partial charge in [0.15, 0.2) is 5.96 Å². The van der Waals surface area contributed by atoms with Crippen LogP contribution in [0.1, 0.15) is 18.9 Å². The molecule has 0 spiro atoms. The van der Waals surface area contributed by atoms with E-state index in [2.05, 4.69) is 28.9 Å². The fourth-order valence-corrected chi connectivity index (χ4v) is 2.45. The Morgan fingerprint density at radius 3 is 2.72 bits per heavy atom. The second-order valence-electron chi connectivity index (χ2n) is 4.76. The Hall–Kier alpha value is -1.55. The number of benzene rings is 1. The van der Waals surface area contributed by atoms with Gasteiger partial charge in [-0.2, -0.15) is 0 Å². The standard InChI is InChI=1S/C14H21N3O/c1-3-14(11-18-2)10-16-13(15)17(14)9-12-7-5-4-6-8-12/h4-8H,3,9-11H2,1-2H3,(H2,15,16). The maximum atomic E-state index is 6.03. The second kappa shape index (κ2) is 5.40. The van der Waals surface area contributed by atoms with Crippen LogP contribution in [-0.4, -0.2) is 36.7 Å². The van der Waals surface area contributed by atoms with Crippen molar-refractivity contribution in [3.8, 4) is 0 Å². The number of aliphatic imine (C=N–C) groups is 1. The van der Waals surface area contributed by atoms with Crippen molar-refractivity contribution in [2.75, 3.05) is 20.3 Å². The zero-order valence-electron chi connectivity index (χ0n) is 11.1. The molecular formula is C14H21N3O. The Morgan fingerprint density at radius 2 is 2.11 bits per heavy atom. The summed E-state index contributed by atoms with van der Waals surface area (Å²) in [6, 6.07) is 10.3. The molecule has 4 nitrogen and oxygen atoms in total. The third-order valence-electron chi connectivity index (χ3n) is 3.64. The number of hydrogen-bond donors (Lipinski definition) is 1. The van der Waals surface area contributed by atoms with E-state index in [0.717, 1.165) is 19.5 Å². The van der Waals surface area contributed by atoms with Crippen molar-refractivity contribution in [3.63, 3.8) is 0 Å². The van der Waals surface area contributed by atoms with Crippen molar-refractivity contribution in [2.45, 2.75) is 25.4 Å². The normalized spacial score (nSPS) is 23.2. The summed E-state index contributed by atoms with van der Waals surface area (Å²) in [5, 5.41) is 0. The van der Waals surface area contributed by atoms with E-state index in [1.54, 1.807) is 7.11 Å². The van der Waals surface area contributed by atoms with Crippen LogP contribution in [0.4, 0.5) is 0 Å². The Bertz CT molecular complexity index is 418. The molecule has 0 aromatic heterocycles. The van der Waals surface area contributed by atoms with Gasteiger partial charge < -0.3 is 15.4 Å². The highest BCUT2D eigenvalue weighted by Gasteiger charge is 2.40. The summed E-state index contributed by atoms with van der Waals surface area (Å²) < 4.78 is 5.37. The van der Waals surface area contributed by atoms with Crippen LogP contribution in [-0.2, 0) is 11.3 Å². The van der Waals surface area contributed by atoms with Crippen LogP contribution in [0, 0.1) is 0 Å². The van der Waals surface area contributed by atoms with Gasteiger partial charge in [0.25, 0.3) is 0 Å². The predicted molar refractivity (Wildman–Crippen MR) is 73.4 cm³/mol. The lowest BCUT2D eigenvalue weighted by molar-refractivity contribution is 0.0599. The molecule has 2 N–H and O–H groups in total. The third kappa shape index (κ3) is 2.34. The number of nitrogens with zero attached hydrogens (tertiary/aromatic N) is 2. The maximum absolute atomic E-state index is 6.03. The number of guanidine groups is 1. The summed E-state index contributed by atoms with van der Waals surface area (Å²) in [6.45, 7) is 4.31. The lowest BCUT2D eigenvalue weighted by Crippen LogP contribution is -2.53. The van der Waals surface area contributed by atoms with E-state index in [-0.39, 0.29) is 5.54 Å². The van der Waals surface area contributed by atoms with Gasteiger partial charge in [0.05, 0.1) is 18.7 Å². The van der Waals surface area contributed by atoms with Crippen LogP contribution >= 0.6 is 0 Å². The highest BCUT2D eigenvalue weighted by Crippen LogP contribution is 2.27. The zero-order valence-corrected chi connectivity index (χ0v) is 11.1. The molecule has 1 atom stereocenters. The molecule has 98 valence electrons. The van der Waals surface area contributed by atoms with Crippen LogP contribution < -0.4 is 5.73 Å². The quantitative estimate of drug-likeness (QED) is 0.860. The highest BCUT2D eigenvalue weighted by atomic mass is 16.5. The number of nitrogens with two attached hydrogens (primary N) is 1. The van der Waals surface area contributed by atoms with Gasteiger partial charge in [0.2, 0.25) is 0 Å². The van der Waals surface area contributed by atoms with Crippen molar-refractivity contribution < 1.29 is 4.74 Å². The number of hydrogen-bond acceptors (Lipinski definition) is 4. The molecule has 0 radical (unpaired) electrons. The average Bonchev–Trinajstić information content (AvgIpc) is 2.70. The molecule has 2 rings (SSSR count). The minimum absolute atomic E-state index is 0.0886. The van der Waals surface area contributed by atoms with E-state index < -0.39 is 0 Å². The van der Waals surface area contributed by atoms with E-state index in [4.69, 9.17) is 10.5 Å². The van der Waals surface area contributed by atoms with Gasteiger partial charge in [0, 0.05) is 13.7 Å². The minimum Gasteiger partial charge on any atom is -0.382 e. The fraction of sp³-hybridized carbons (Fsp3) is 0.500. The molecule has 1 aromatic carbocycles. The smallest absolute Gasteiger partial charge is 0.192 e. The van der Waals surface area contributed by atoms with Crippen LogP contribution in [0.25, 0.3) is 0 Å². The van der Waals surface area contributed by atoms with Crippen molar-refractivity contribution in [1.29, 1.82) is 0 Å². The van der Waals surface area contributed by atoms with E-state index in [0.29, 0.717) is 12.6 Å². The van der Waals surface area contributed by atoms with Crippen LogP contribution in [0.3, 0.4) is 0 Å². The summed E-state index contributed by atoms with van der Waals surface area (Å²) in [4.78, 5) is 6.57. The first-order chi connectivity index (χ1) is 8.72. The minimum atomic E-state index is -0.0886. The number of rotatable bonds is 5. The van der Waals surface area contributed by atoms with Gasteiger partial charge in [-0.25, -0.2) is 0 Å². The first-order valence-electron chi connectivity index (χ1n) is 6.32. The molecule has 1 heterocycles. The Kier molecular flexibility index (Phi) is 3.87. The van der Waals surface area contributed by atoms with Gasteiger partial charge in [-0.1, -0.05) is 37.3 Å². The Morgan fingerprint density at radius 1 is 1.39 bits per heavy atom. The molecule has 1 unspecified atom stereocenters. The molecule has 1 aliphatic rings. The molecular weight excluding hydrogens is 226 g/mol. The monoisotopic (exact) mass is 247 g/mol. The molecule has 0 amide bonds. The first-order valence-corrected chi connectivity index (χ1v) is 6.32. The first kappa shape index (κ1) is 12.9. The van der Waals surface area contributed by atoms with Gasteiger partial charge >= 0.3 is 0 Å². The molecule has 1 aliphatic heterocycles. The molecule has 4 heteroatoms. The molecule has 0 aliphatic carbocycles. The molecule has 0 saturated carbocycles. The lowest BCUT2D eigenvalue weighted by atomic mass is 9.95. The van der Waals surface area contributed by atoms with E-state index in [1.165, 1.54) is 5.56 Å². The topological polar surface area (TPSA) is 50.9 Å². The van der Waals surface area contributed by atoms with Crippen LogP contribution in [0.2, 0.25) is 0 Å². The van der Waals surface area contributed by atoms with Gasteiger partial charge in [-0.3, -0.25) is 4.99 Å². The summed E-state index contributed by atoms with van der Waals surface area (Å²) in [7, 11) is 1.73. The van der Waals surface area contributed by atoms with Gasteiger partial charge in [0.1, 0.15) is 0 Å². The molecule has 0 saturated heterocycles. The predicted octanol–water partition coefficient (Wildman–Crippen LogP) is 1.61. The fourth-order valence-electron chi connectivity index (χ4n) is 2.45. The SMILES string of the molecule is CCC1(COC)CN=C(N)N1Cc1ccccc1. The number of methoxy groups -OCH3 is 1. The van der Waals surface area contributed by atoms with Crippen molar-refractivity contribution in [2.24, 2.45) is 10.7 Å². The maximum Gasteiger partial charge on any atom is 0.192 e. The second-order valence-corrected chi connectivity index (χ2v) is 4.76. The molecule has 0 bridgehead atoms. The molecule has 0 fully saturated rings. The lowest BCUT2D eigenvalue weighted by Gasteiger charge is -2.38. The average molecular weight is 247 g/mol.